The molecule has 0 aliphatic rings. The van der Waals surface area contributed by atoms with Gasteiger partial charge in [-0.25, -0.2) is 4.79 Å². The number of H-pyrrole nitrogens is 1. The van der Waals surface area contributed by atoms with E-state index >= 15 is 0 Å². The summed E-state index contributed by atoms with van der Waals surface area (Å²) in [5, 5.41) is 9.04. The van der Waals surface area contributed by atoms with Crippen molar-refractivity contribution in [1.82, 2.24) is 9.88 Å². The SMILES string of the molecule is CN(C)C(C#N)c1ccc2oc(=O)[nH]c2c1. The Bertz CT molecular complexity index is 603. The van der Waals surface area contributed by atoms with Gasteiger partial charge in [-0.2, -0.15) is 5.26 Å². The number of fused-ring (bicyclic) bond motifs is 1. The van der Waals surface area contributed by atoms with Crippen molar-refractivity contribution in [2.75, 3.05) is 14.1 Å². The summed E-state index contributed by atoms with van der Waals surface area (Å²) < 4.78 is 4.89. The summed E-state index contributed by atoms with van der Waals surface area (Å²) >= 11 is 0. The summed E-state index contributed by atoms with van der Waals surface area (Å²) in [5.74, 6) is -0.481. The van der Waals surface area contributed by atoms with Crippen LogP contribution in [-0.2, 0) is 0 Å². The summed E-state index contributed by atoms with van der Waals surface area (Å²) in [6.45, 7) is 0. The number of benzene rings is 1. The molecular formula is C11H11N3O2. The van der Waals surface area contributed by atoms with Crippen LogP contribution in [0.1, 0.15) is 11.6 Å². The zero-order chi connectivity index (χ0) is 11.7. The summed E-state index contributed by atoms with van der Waals surface area (Å²) in [6, 6.07) is 7.10. The number of nitrogens with one attached hydrogen (secondary N) is 1. The molecule has 2 aromatic rings. The first-order chi connectivity index (χ1) is 7.61. The molecule has 0 spiro atoms. The van der Waals surface area contributed by atoms with Gasteiger partial charge in [0, 0.05) is 0 Å². The average Bonchev–Trinajstić information content (AvgIpc) is 2.57. The van der Waals surface area contributed by atoms with Gasteiger partial charge in [-0.1, -0.05) is 6.07 Å². The first kappa shape index (κ1) is 10.5. The standard InChI is InChI=1S/C11H11N3O2/c1-14(2)9(6-12)7-3-4-10-8(5-7)13-11(15)16-10/h3-5,9H,1-2H3,(H,13,15). The Labute approximate surface area is 91.9 Å². The van der Waals surface area contributed by atoms with Gasteiger partial charge in [-0.05, 0) is 31.8 Å². The molecule has 2 rings (SSSR count). The van der Waals surface area contributed by atoms with Crippen molar-refractivity contribution in [2.45, 2.75) is 6.04 Å². The fourth-order valence-electron chi connectivity index (χ4n) is 1.63. The molecule has 1 aromatic heterocycles. The highest BCUT2D eigenvalue weighted by Crippen LogP contribution is 2.20. The lowest BCUT2D eigenvalue weighted by atomic mass is 10.1. The van der Waals surface area contributed by atoms with E-state index < -0.39 is 5.76 Å². The van der Waals surface area contributed by atoms with E-state index in [9.17, 15) is 4.79 Å². The Kier molecular flexibility index (Phi) is 2.50. The molecule has 1 atom stereocenters. The van der Waals surface area contributed by atoms with Gasteiger partial charge >= 0.3 is 5.76 Å². The average molecular weight is 217 g/mol. The molecule has 0 fully saturated rings. The Morgan fingerprint density at radius 2 is 2.25 bits per heavy atom. The topological polar surface area (TPSA) is 73.0 Å². The van der Waals surface area contributed by atoms with Gasteiger partial charge in [0.25, 0.3) is 0 Å². The van der Waals surface area contributed by atoms with E-state index in [4.69, 9.17) is 9.68 Å². The summed E-state index contributed by atoms with van der Waals surface area (Å²) in [6.07, 6.45) is 0. The van der Waals surface area contributed by atoms with Gasteiger partial charge in [0.05, 0.1) is 11.6 Å². The van der Waals surface area contributed by atoms with E-state index in [2.05, 4.69) is 11.1 Å². The van der Waals surface area contributed by atoms with Crippen molar-refractivity contribution < 1.29 is 4.42 Å². The van der Waals surface area contributed by atoms with Crippen LogP contribution in [0.2, 0.25) is 0 Å². The number of nitrogens with zero attached hydrogens (tertiary/aromatic N) is 2. The molecule has 1 heterocycles. The fraction of sp³-hybridized carbons (Fsp3) is 0.273. The number of nitriles is 1. The monoisotopic (exact) mass is 217 g/mol. The van der Waals surface area contributed by atoms with E-state index in [1.807, 2.05) is 14.1 Å². The number of aromatic amines is 1. The third-order valence-electron chi connectivity index (χ3n) is 2.40. The molecule has 5 heteroatoms. The van der Waals surface area contributed by atoms with Crippen LogP contribution in [0.4, 0.5) is 0 Å². The maximum absolute atomic E-state index is 11.0. The zero-order valence-corrected chi connectivity index (χ0v) is 9.02. The van der Waals surface area contributed by atoms with Gasteiger partial charge in [-0.3, -0.25) is 9.88 Å². The van der Waals surface area contributed by atoms with Crippen LogP contribution in [0.15, 0.2) is 27.4 Å². The highest BCUT2D eigenvalue weighted by molar-refractivity contribution is 5.73. The molecule has 5 nitrogen and oxygen atoms in total. The second-order valence-corrected chi connectivity index (χ2v) is 3.77. The number of rotatable bonds is 2. The number of hydrogen-bond donors (Lipinski definition) is 1. The lowest BCUT2D eigenvalue weighted by molar-refractivity contribution is 0.358. The normalized spacial score (nSPS) is 12.9. The summed E-state index contributed by atoms with van der Waals surface area (Å²) in [7, 11) is 3.66. The maximum atomic E-state index is 11.0. The van der Waals surface area contributed by atoms with Crippen LogP contribution < -0.4 is 5.76 Å². The molecule has 0 aliphatic heterocycles. The van der Waals surface area contributed by atoms with Gasteiger partial charge < -0.3 is 4.42 Å². The van der Waals surface area contributed by atoms with Crippen molar-refractivity contribution >= 4 is 11.1 Å². The van der Waals surface area contributed by atoms with E-state index in [0.29, 0.717) is 11.1 Å². The van der Waals surface area contributed by atoms with Crippen LogP contribution in [0.25, 0.3) is 11.1 Å². The van der Waals surface area contributed by atoms with Crippen molar-refractivity contribution in [3.63, 3.8) is 0 Å². The fourth-order valence-corrected chi connectivity index (χ4v) is 1.63. The largest absolute Gasteiger partial charge is 0.417 e. The molecule has 1 unspecified atom stereocenters. The minimum Gasteiger partial charge on any atom is -0.408 e. The second-order valence-electron chi connectivity index (χ2n) is 3.77. The summed E-state index contributed by atoms with van der Waals surface area (Å²) in [5.41, 5.74) is 1.95. The highest BCUT2D eigenvalue weighted by atomic mass is 16.4. The lowest BCUT2D eigenvalue weighted by Crippen LogP contribution is -2.18. The smallest absolute Gasteiger partial charge is 0.408 e. The predicted molar refractivity (Wildman–Crippen MR) is 58.9 cm³/mol. The minimum atomic E-state index is -0.481. The molecule has 0 saturated heterocycles. The maximum Gasteiger partial charge on any atom is 0.417 e. The highest BCUT2D eigenvalue weighted by Gasteiger charge is 2.14. The second kappa shape index (κ2) is 3.83. The third-order valence-corrected chi connectivity index (χ3v) is 2.40. The van der Waals surface area contributed by atoms with Crippen molar-refractivity contribution in [3.8, 4) is 6.07 Å². The molecule has 0 amide bonds. The molecular weight excluding hydrogens is 206 g/mol. The van der Waals surface area contributed by atoms with Crippen LogP contribution in [-0.4, -0.2) is 24.0 Å². The Balaban J connectivity index is 2.54. The molecule has 0 radical (unpaired) electrons. The van der Waals surface area contributed by atoms with Crippen molar-refractivity contribution in [1.29, 1.82) is 5.26 Å². The van der Waals surface area contributed by atoms with Crippen LogP contribution in [0, 0.1) is 11.3 Å². The quantitative estimate of drug-likeness (QED) is 0.821. The first-order valence-electron chi connectivity index (χ1n) is 4.80. The van der Waals surface area contributed by atoms with Gasteiger partial charge in [-0.15, -0.1) is 0 Å². The Morgan fingerprint density at radius 1 is 1.50 bits per heavy atom. The summed E-state index contributed by atoms with van der Waals surface area (Å²) in [4.78, 5) is 15.3. The van der Waals surface area contributed by atoms with E-state index in [-0.39, 0.29) is 6.04 Å². The van der Waals surface area contributed by atoms with Crippen LogP contribution >= 0.6 is 0 Å². The molecule has 0 bridgehead atoms. The number of hydrogen-bond acceptors (Lipinski definition) is 4. The van der Waals surface area contributed by atoms with Crippen molar-refractivity contribution in [3.05, 3.63) is 34.3 Å². The van der Waals surface area contributed by atoms with E-state index in [1.54, 1.807) is 23.1 Å². The van der Waals surface area contributed by atoms with Gasteiger partial charge in [0.2, 0.25) is 0 Å². The van der Waals surface area contributed by atoms with Gasteiger partial charge in [0.15, 0.2) is 5.58 Å². The Morgan fingerprint density at radius 3 is 2.88 bits per heavy atom. The molecule has 0 aliphatic carbocycles. The number of oxazole rings is 1. The van der Waals surface area contributed by atoms with E-state index in [0.717, 1.165) is 5.56 Å². The molecule has 16 heavy (non-hydrogen) atoms. The first-order valence-corrected chi connectivity index (χ1v) is 4.80. The molecule has 82 valence electrons. The van der Waals surface area contributed by atoms with Gasteiger partial charge in [0.1, 0.15) is 6.04 Å². The molecule has 1 N–H and O–H groups in total. The predicted octanol–water partition coefficient (Wildman–Crippen LogP) is 1.25. The molecule has 0 saturated carbocycles. The number of aromatic nitrogens is 1. The minimum absolute atomic E-state index is 0.331. The van der Waals surface area contributed by atoms with Crippen LogP contribution in [0.5, 0.6) is 0 Å². The van der Waals surface area contributed by atoms with Crippen molar-refractivity contribution in [2.24, 2.45) is 0 Å². The van der Waals surface area contributed by atoms with Crippen LogP contribution in [0.3, 0.4) is 0 Å². The zero-order valence-electron chi connectivity index (χ0n) is 9.02. The third kappa shape index (κ3) is 1.71. The lowest BCUT2D eigenvalue weighted by Gasteiger charge is -2.16. The Hall–Kier alpha value is -2.06. The van der Waals surface area contributed by atoms with E-state index in [1.165, 1.54) is 0 Å². The molecule has 1 aromatic carbocycles.